The molecule has 0 bridgehead atoms. The third-order valence-corrected chi connectivity index (χ3v) is 3.90. The predicted molar refractivity (Wildman–Crippen MR) is 81.2 cm³/mol. The number of pyridine rings is 1. The molecule has 1 saturated carbocycles. The zero-order valence-electron chi connectivity index (χ0n) is 13.0. The molecule has 4 atom stereocenters. The summed E-state index contributed by atoms with van der Waals surface area (Å²) in [6.45, 7) is 7.35. The van der Waals surface area contributed by atoms with Gasteiger partial charge in [-0.25, -0.2) is 4.98 Å². The number of aliphatic hydroxyl groups excluding tert-OH is 2. The Balaban J connectivity index is 1.86. The number of ether oxygens (including phenoxy) is 1. The number of aryl methyl sites for hydroxylation is 1. The predicted octanol–water partition coefficient (Wildman–Crippen LogP) is 1.12. The molecule has 2 rings (SSSR count). The van der Waals surface area contributed by atoms with Crippen LogP contribution in [0.15, 0.2) is 18.2 Å². The molecule has 3 N–H and O–H groups in total. The molecule has 0 radical (unpaired) electrons. The van der Waals surface area contributed by atoms with E-state index in [9.17, 15) is 10.2 Å². The van der Waals surface area contributed by atoms with Gasteiger partial charge in [-0.05, 0) is 31.9 Å². The first-order chi connectivity index (χ1) is 9.97. The Morgan fingerprint density at radius 3 is 2.76 bits per heavy atom. The van der Waals surface area contributed by atoms with Crippen molar-refractivity contribution in [2.45, 2.75) is 45.4 Å². The molecule has 0 amide bonds. The lowest BCUT2D eigenvalue weighted by Gasteiger charge is -2.19. The molecule has 1 aliphatic carbocycles. The topological polar surface area (TPSA) is 74.6 Å². The minimum atomic E-state index is -0.750. The first kappa shape index (κ1) is 16.2. The molecule has 1 aromatic heterocycles. The second-order valence-electron chi connectivity index (χ2n) is 6.31. The maximum absolute atomic E-state index is 10.1. The van der Waals surface area contributed by atoms with Crippen LogP contribution in [0.4, 0.5) is 0 Å². The van der Waals surface area contributed by atoms with Gasteiger partial charge in [-0.2, -0.15) is 0 Å². The average Bonchev–Trinajstić information content (AvgIpc) is 2.71. The van der Waals surface area contributed by atoms with E-state index in [0.717, 1.165) is 12.2 Å². The number of aromatic nitrogens is 1. The molecule has 5 nitrogen and oxygen atoms in total. The van der Waals surface area contributed by atoms with Gasteiger partial charge in [0.2, 0.25) is 5.88 Å². The number of nitrogens with one attached hydrogen (secondary N) is 1. The fourth-order valence-electron chi connectivity index (χ4n) is 2.67. The molecular formula is C16H26N2O3. The summed E-state index contributed by atoms with van der Waals surface area (Å²) in [6.07, 6.45) is -0.775. The van der Waals surface area contributed by atoms with E-state index in [1.807, 2.05) is 19.1 Å². The Morgan fingerprint density at radius 2 is 2.10 bits per heavy atom. The van der Waals surface area contributed by atoms with E-state index < -0.39 is 12.2 Å². The number of nitrogens with zero attached hydrogens (tertiary/aromatic N) is 1. The van der Waals surface area contributed by atoms with Crippen LogP contribution < -0.4 is 10.1 Å². The molecule has 118 valence electrons. The van der Waals surface area contributed by atoms with Crippen molar-refractivity contribution in [3.05, 3.63) is 23.9 Å². The Morgan fingerprint density at radius 1 is 1.33 bits per heavy atom. The summed E-state index contributed by atoms with van der Waals surface area (Å²) < 4.78 is 5.65. The number of hydrogen-bond donors (Lipinski definition) is 3. The molecule has 1 aromatic rings. The molecule has 5 heteroatoms. The molecule has 0 spiro atoms. The summed E-state index contributed by atoms with van der Waals surface area (Å²) in [6, 6.07) is 5.54. The minimum absolute atomic E-state index is 0.0681. The van der Waals surface area contributed by atoms with Gasteiger partial charge in [0.25, 0.3) is 0 Å². The van der Waals surface area contributed by atoms with Crippen molar-refractivity contribution in [2.75, 3.05) is 13.2 Å². The molecular weight excluding hydrogens is 268 g/mol. The van der Waals surface area contributed by atoms with Crippen LogP contribution in [-0.2, 0) is 0 Å². The third kappa shape index (κ3) is 4.40. The van der Waals surface area contributed by atoms with Gasteiger partial charge < -0.3 is 20.3 Å². The van der Waals surface area contributed by atoms with Crippen LogP contribution in [0.3, 0.4) is 0 Å². The van der Waals surface area contributed by atoms with Crippen molar-refractivity contribution in [3.63, 3.8) is 0 Å². The van der Waals surface area contributed by atoms with Crippen LogP contribution in [0.2, 0.25) is 0 Å². The van der Waals surface area contributed by atoms with Crippen LogP contribution >= 0.6 is 0 Å². The summed E-state index contributed by atoms with van der Waals surface area (Å²) in [5.41, 5.74) is 0.899. The summed E-state index contributed by atoms with van der Waals surface area (Å²) in [4.78, 5) is 4.27. The van der Waals surface area contributed by atoms with E-state index in [4.69, 9.17) is 4.74 Å². The zero-order chi connectivity index (χ0) is 15.4. The highest BCUT2D eigenvalue weighted by Gasteiger charge is 2.41. The molecule has 0 saturated heterocycles. The van der Waals surface area contributed by atoms with Crippen molar-refractivity contribution in [1.82, 2.24) is 10.3 Å². The standard InChI is InChI=1S/C16H26N2O3/c1-10(2)8-17-13-7-12(15(19)16(13)20)9-21-14-6-4-5-11(3)18-14/h4-6,10,12-13,15-17,19-20H,7-9H2,1-3H3. The summed E-state index contributed by atoms with van der Waals surface area (Å²) >= 11 is 0. The van der Waals surface area contributed by atoms with Gasteiger partial charge >= 0.3 is 0 Å². The zero-order valence-corrected chi connectivity index (χ0v) is 13.0. The van der Waals surface area contributed by atoms with Crippen LogP contribution in [0.25, 0.3) is 0 Å². The fourth-order valence-corrected chi connectivity index (χ4v) is 2.67. The Bertz CT molecular complexity index is 453. The van der Waals surface area contributed by atoms with Gasteiger partial charge in [-0.1, -0.05) is 19.9 Å². The smallest absolute Gasteiger partial charge is 0.213 e. The van der Waals surface area contributed by atoms with Gasteiger partial charge in [0.1, 0.15) is 0 Å². The second-order valence-corrected chi connectivity index (χ2v) is 6.31. The lowest BCUT2D eigenvalue weighted by molar-refractivity contribution is 0.00167. The number of hydrogen-bond acceptors (Lipinski definition) is 5. The largest absolute Gasteiger partial charge is 0.477 e. The van der Waals surface area contributed by atoms with Crippen LogP contribution in [0.5, 0.6) is 5.88 Å². The van der Waals surface area contributed by atoms with Crippen LogP contribution in [0.1, 0.15) is 26.0 Å². The molecule has 4 unspecified atom stereocenters. The van der Waals surface area contributed by atoms with Crippen molar-refractivity contribution in [1.29, 1.82) is 0 Å². The Kier molecular flexibility index (Phi) is 5.56. The lowest BCUT2D eigenvalue weighted by atomic mass is 10.1. The SMILES string of the molecule is Cc1cccc(OCC2CC(NCC(C)C)C(O)C2O)n1. The minimum Gasteiger partial charge on any atom is -0.477 e. The molecule has 1 aliphatic rings. The maximum Gasteiger partial charge on any atom is 0.213 e. The van der Waals surface area contributed by atoms with Crippen molar-refractivity contribution in [3.8, 4) is 5.88 Å². The highest BCUT2D eigenvalue weighted by Crippen LogP contribution is 2.27. The van der Waals surface area contributed by atoms with E-state index in [2.05, 4.69) is 24.1 Å². The molecule has 0 aromatic carbocycles. The summed E-state index contributed by atoms with van der Waals surface area (Å²) in [7, 11) is 0. The first-order valence-electron chi connectivity index (χ1n) is 7.63. The second kappa shape index (κ2) is 7.20. The van der Waals surface area contributed by atoms with E-state index in [-0.39, 0.29) is 12.0 Å². The maximum atomic E-state index is 10.1. The lowest BCUT2D eigenvalue weighted by Crippen LogP contribution is -2.41. The summed E-state index contributed by atoms with van der Waals surface area (Å²) in [5, 5.41) is 23.6. The Hall–Kier alpha value is -1.17. The van der Waals surface area contributed by atoms with E-state index >= 15 is 0 Å². The molecule has 21 heavy (non-hydrogen) atoms. The number of rotatable bonds is 6. The van der Waals surface area contributed by atoms with E-state index in [1.165, 1.54) is 0 Å². The fraction of sp³-hybridized carbons (Fsp3) is 0.688. The van der Waals surface area contributed by atoms with Gasteiger partial charge in [0, 0.05) is 23.7 Å². The first-order valence-corrected chi connectivity index (χ1v) is 7.63. The van der Waals surface area contributed by atoms with E-state index in [1.54, 1.807) is 6.07 Å². The normalized spacial score (nSPS) is 29.0. The van der Waals surface area contributed by atoms with Crippen molar-refractivity contribution >= 4 is 0 Å². The third-order valence-electron chi connectivity index (χ3n) is 3.90. The number of aliphatic hydroxyl groups is 2. The van der Waals surface area contributed by atoms with E-state index in [0.29, 0.717) is 24.8 Å². The van der Waals surface area contributed by atoms with Crippen LogP contribution in [0, 0.1) is 18.8 Å². The summed E-state index contributed by atoms with van der Waals surface area (Å²) in [5.74, 6) is 1.00. The quantitative estimate of drug-likeness (QED) is 0.733. The molecule has 1 fully saturated rings. The Labute approximate surface area is 126 Å². The average molecular weight is 294 g/mol. The van der Waals surface area contributed by atoms with Crippen molar-refractivity contribution in [2.24, 2.45) is 11.8 Å². The monoisotopic (exact) mass is 294 g/mol. The van der Waals surface area contributed by atoms with Gasteiger partial charge in [-0.3, -0.25) is 0 Å². The molecule has 0 aliphatic heterocycles. The van der Waals surface area contributed by atoms with Gasteiger partial charge in [0.15, 0.2) is 0 Å². The van der Waals surface area contributed by atoms with Crippen LogP contribution in [-0.4, -0.2) is 46.6 Å². The van der Waals surface area contributed by atoms with Gasteiger partial charge in [0.05, 0.1) is 18.8 Å². The highest BCUT2D eigenvalue weighted by atomic mass is 16.5. The highest BCUT2D eigenvalue weighted by molar-refractivity contribution is 5.14. The van der Waals surface area contributed by atoms with Gasteiger partial charge in [-0.15, -0.1) is 0 Å². The molecule has 1 heterocycles. The van der Waals surface area contributed by atoms with Crippen molar-refractivity contribution < 1.29 is 14.9 Å².